The molecule has 0 aliphatic heterocycles. The summed E-state index contributed by atoms with van der Waals surface area (Å²) in [5.74, 6) is -0.164. The fraction of sp³-hybridized carbons (Fsp3) is 0.227. The van der Waals surface area contributed by atoms with Gasteiger partial charge in [0.15, 0.2) is 0 Å². The summed E-state index contributed by atoms with van der Waals surface area (Å²) in [6, 6.07) is 19.8. The molecule has 3 aromatic rings. The molecule has 0 fully saturated rings. The van der Waals surface area contributed by atoms with Gasteiger partial charge in [-0.2, -0.15) is 5.10 Å². The molecule has 0 saturated heterocycles. The van der Waals surface area contributed by atoms with Crippen LogP contribution in [0, 0.1) is 0 Å². The van der Waals surface area contributed by atoms with Crippen molar-refractivity contribution in [3.8, 4) is 11.3 Å². The lowest BCUT2D eigenvalue weighted by Gasteiger charge is -2.23. The largest absolute Gasteiger partial charge is 0.311 e. The van der Waals surface area contributed by atoms with Crippen LogP contribution in [0.4, 0.5) is 5.69 Å². The van der Waals surface area contributed by atoms with Gasteiger partial charge in [-0.05, 0) is 36.8 Å². The maximum atomic E-state index is 13.0. The Bertz CT molecular complexity index is 985. The standard InChI is InChI=1S/C22H22ClN3O2/c1-2-3-15-25(19-7-5-4-6-8-19)22(28)16-26-21(27)14-13-20(24-26)17-9-11-18(23)12-10-17/h4-14H,2-3,15-16H2,1H3. The zero-order chi connectivity index (χ0) is 19.9. The number of halogens is 1. The molecule has 6 heteroatoms. The Morgan fingerprint density at radius 3 is 2.43 bits per heavy atom. The Balaban J connectivity index is 1.86. The van der Waals surface area contributed by atoms with Gasteiger partial charge in [0.25, 0.3) is 5.56 Å². The molecule has 0 radical (unpaired) electrons. The molecule has 144 valence electrons. The molecule has 0 spiro atoms. The summed E-state index contributed by atoms with van der Waals surface area (Å²) in [7, 11) is 0. The quantitative estimate of drug-likeness (QED) is 0.595. The van der Waals surface area contributed by atoms with Crippen molar-refractivity contribution in [3.63, 3.8) is 0 Å². The highest BCUT2D eigenvalue weighted by molar-refractivity contribution is 6.30. The van der Waals surface area contributed by atoms with Crippen LogP contribution < -0.4 is 10.5 Å². The van der Waals surface area contributed by atoms with E-state index in [1.165, 1.54) is 10.7 Å². The predicted molar refractivity (Wildman–Crippen MR) is 113 cm³/mol. The number of hydrogen-bond donors (Lipinski definition) is 0. The third kappa shape index (κ3) is 4.87. The molecule has 0 aliphatic rings. The van der Waals surface area contributed by atoms with Crippen LogP contribution in [-0.2, 0) is 11.3 Å². The first-order valence-corrected chi connectivity index (χ1v) is 9.66. The highest BCUT2D eigenvalue weighted by atomic mass is 35.5. The van der Waals surface area contributed by atoms with E-state index in [0.29, 0.717) is 17.3 Å². The molecular formula is C22H22ClN3O2. The summed E-state index contributed by atoms with van der Waals surface area (Å²) in [6.45, 7) is 2.57. The molecule has 5 nitrogen and oxygen atoms in total. The highest BCUT2D eigenvalue weighted by Crippen LogP contribution is 2.19. The lowest BCUT2D eigenvalue weighted by Crippen LogP contribution is -2.38. The average molecular weight is 396 g/mol. The maximum absolute atomic E-state index is 13.0. The van der Waals surface area contributed by atoms with Gasteiger partial charge in [0, 0.05) is 28.9 Å². The number of carbonyl (C=O) groups excluding carboxylic acids is 1. The molecule has 1 aromatic heterocycles. The predicted octanol–water partition coefficient (Wildman–Crippen LogP) is 4.40. The number of hydrogen-bond acceptors (Lipinski definition) is 3. The second-order valence-electron chi connectivity index (χ2n) is 6.46. The fourth-order valence-corrected chi connectivity index (χ4v) is 3.00. The first kappa shape index (κ1) is 19.8. The van der Waals surface area contributed by atoms with Crippen molar-refractivity contribution in [2.45, 2.75) is 26.3 Å². The normalized spacial score (nSPS) is 10.6. The number of rotatable bonds is 7. The van der Waals surface area contributed by atoms with Gasteiger partial charge >= 0.3 is 0 Å². The van der Waals surface area contributed by atoms with E-state index < -0.39 is 0 Å². The minimum Gasteiger partial charge on any atom is -0.311 e. The molecule has 0 bridgehead atoms. The maximum Gasteiger partial charge on any atom is 0.267 e. The number of para-hydroxylation sites is 1. The van der Waals surface area contributed by atoms with E-state index in [-0.39, 0.29) is 18.0 Å². The lowest BCUT2D eigenvalue weighted by molar-refractivity contribution is -0.119. The van der Waals surface area contributed by atoms with Gasteiger partial charge in [-0.15, -0.1) is 0 Å². The monoisotopic (exact) mass is 395 g/mol. The topological polar surface area (TPSA) is 55.2 Å². The number of nitrogens with zero attached hydrogens (tertiary/aromatic N) is 3. The second-order valence-corrected chi connectivity index (χ2v) is 6.89. The van der Waals surface area contributed by atoms with Crippen molar-refractivity contribution in [2.24, 2.45) is 0 Å². The van der Waals surface area contributed by atoms with Gasteiger partial charge in [-0.25, -0.2) is 4.68 Å². The van der Waals surface area contributed by atoms with Crippen LogP contribution in [-0.4, -0.2) is 22.2 Å². The molecule has 1 heterocycles. The first-order valence-electron chi connectivity index (χ1n) is 9.28. The summed E-state index contributed by atoms with van der Waals surface area (Å²) in [5.41, 5.74) is 1.96. The van der Waals surface area contributed by atoms with Crippen molar-refractivity contribution >= 4 is 23.2 Å². The number of carbonyl (C=O) groups is 1. The number of anilines is 1. The Hall–Kier alpha value is -2.92. The third-order valence-corrected chi connectivity index (χ3v) is 4.65. The first-order chi connectivity index (χ1) is 13.6. The van der Waals surface area contributed by atoms with Crippen molar-refractivity contribution in [2.75, 3.05) is 11.4 Å². The fourth-order valence-electron chi connectivity index (χ4n) is 2.87. The minimum absolute atomic E-state index is 0.112. The molecular weight excluding hydrogens is 374 g/mol. The van der Waals surface area contributed by atoms with Crippen LogP contribution in [0.15, 0.2) is 71.5 Å². The molecule has 0 saturated carbocycles. The third-order valence-electron chi connectivity index (χ3n) is 4.40. The van der Waals surface area contributed by atoms with Gasteiger partial charge in [-0.1, -0.05) is 55.3 Å². The number of aromatic nitrogens is 2. The lowest BCUT2D eigenvalue weighted by atomic mass is 10.1. The SMILES string of the molecule is CCCCN(C(=O)Cn1nc(-c2ccc(Cl)cc2)ccc1=O)c1ccccc1. The Morgan fingerprint density at radius 2 is 1.75 bits per heavy atom. The summed E-state index contributed by atoms with van der Waals surface area (Å²) in [5, 5.41) is 5.01. The summed E-state index contributed by atoms with van der Waals surface area (Å²) in [6.07, 6.45) is 1.86. The van der Waals surface area contributed by atoms with Crippen molar-refractivity contribution in [1.82, 2.24) is 9.78 Å². The smallest absolute Gasteiger partial charge is 0.267 e. The van der Waals surface area contributed by atoms with E-state index in [1.54, 1.807) is 23.1 Å². The van der Waals surface area contributed by atoms with E-state index in [9.17, 15) is 9.59 Å². The van der Waals surface area contributed by atoms with E-state index in [0.717, 1.165) is 24.1 Å². The van der Waals surface area contributed by atoms with E-state index in [2.05, 4.69) is 12.0 Å². The molecule has 2 aromatic carbocycles. The van der Waals surface area contributed by atoms with Crippen LogP contribution in [0.3, 0.4) is 0 Å². The Labute approximate surface area is 169 Å². The van der Waals surface area contributed by atoms with Crippen molar-refractivity contribution < 1.29 is 4.79 Å². The van der Waals surface area contributed by atoms with Crippen LogP contribution in [0.25, 0.3) is 11.3 Å². The van der Waals surface area contributed by atoms with Gasteiger partial charge in [-0.3, -0.25) is 9.59 Å². The van der Waals surface area contributed by atoms with Crippen molar-refractivity contribution in [1.29, 1.82) is 0 Å². The number of amides is 1. The Kier molecular flexibility index (Phi) is 6.61. The van der Waals surface area contributed by atoms with Crippen LogP contribution in [0.2, 0.25) is 5.02 Å². The minimum atomic E-state index is -0.311. The molecule has 0 N–H and O–H groups in total. The summed E-state index contributed by atoms with van der Waals surface area (Å²) >= 11 is 5.93. The molecule has 28 heavy (non-hydrogen) atoms. The van der Waals surface area contributed by atoms with E-state index in [4.69, 9.17) is 11.6 Å². The van der Waals surface area contributed by atoms with Gasteiger partial charge in [0.05, 0.1) is 5.69 Å². The molecule has 0 atom stereocenters. The van der Waals surface area contributed by atoms with E-state index >= 15 is 0 Å². The van der Waals surface area contributed by atoms with E-state index in [1.807, 2.05) is 42.5 Å². The van der Waals surface area contributed by atoms with Crippen LogP contribution in [0.5, 0.6) is 0 Å². The second kappa shape index (κ2) is 9.33. The molecule has 0 aliphatic carbocycles. The zero-order valence-electron chi connectivity index (χ0n) is 15.7. The van der Waals surface area contributed by atoms with Crippen molar-refractivity contribution in [3.05, 3.63) is 82.1 Å². The zero-order valence-corrected chi connectivity index (χ0v) is 16.5. The van der Waals surface area contributed by atoms with Crippen LogP contribution in [0.1, 0.15) is 19.8 Å². The van der Waals surface area contributed by atoms with Gasteiger partial charge in [0.2, 0.25) is 5.91 Å². The summed E-state index contributed by atoms with van der Waals surface area (Å²) in [4.78, 5) is 27.0. The van der Waals surface area contributed by atoms with Crippen LogP contribution >= 0.6 is 11.6 Å². The summed E-state index contributed by atoms with van der Waals surface area (Å²) < 4.78 is 1.22. The molecule has 3 rings (SSSR count). The van der Waals surface area contributed by atoms with Gasteiger partial charge in [0.1, 0.15) is 6.54 Å². The molecule has 0 unspecified atom stereocenters. The van der Waals surface area contributed by atoms with Gasteiger partial charge < -0.3 is 4.90 Å². The average Bonchev–Trinajstić information content (AvgIpc) is 2.71. The number of unbranched alkanes of at least 4 members (excludes halogenated alkanes) is 1. The highest BCUT2D eigenvalue weighted by Gasteiger charge is 2.17. The number of benzene rings is 2. The molecule has 1 amide bonds. The Morgan fingerprint density at radius 1 is 1.04 bits per heavy atom.